The fraction of sp³-hybridized carbons (Fsp3) is 0.258. The zero-order valence-corrected chi connectivity index (χ0v) is 23.6. The molecule has 2 atom stereocenters. The Labute approximate surface area is 244 Å². The summed E-state index contributed by atoms with van der Waals surface area (Å²) in [5.41, 5.74) is 5.76. The van der Waals surface area contributed by atoms with E-state index in [9.17, 15) is 14.7 Å². The molecule has 220 valence electrons. The van der Waals surface area contributed by atoms with Gasteiger partial charge in [0.25, 0.3) is 0 Å². The van der Waals surface area contributed by atoms with Crippen LogP contribution in [0.25, 0.3) is 0 Å². The number of aliphatic hydroxyl groups excluding tert-OH is 1. The first-order chi connectivity index (χ1) is 20.4. The first-order valence-corrected chi connectivity index (χ1v) is 13.4. The van der Waals surface area contributed by atoms with Gasteiger partial charge in [-0.3, -0.25) is 5.43 Å². The van der Waals surface area contributed by atoms with E-state index in [0.717, 1.165) is 11.1 Å². The van der Waals surface area contributed by atoms with E-state index in [4.69, 9.17) is 18.9 Å². The third kappa shape index (κ3) is 8.01. The smallest absolute Gasteiger partial charge is 0.337 e. The second kappa shape index (κ2) is 14.6. The molecule has 42 heavy (non-hydrogen) atoms. The van der Waals surface area contributed by atoms with E-state index in [1.54, 1.807) is 31.3 Å². The first kappa shape index (κ1) is 29.9. The molecule has 0 aromatic heterocycles. The zero-order valence-electron chi connectivity index (χ0n) is 23.6. The quantitative estimate of drug-likeness (QED) is 0.105. The number of urea groups is 1. The lowest BCUT2D eigenvalue weighted by atomic mass is 9.95. The highest BCUT2D eigenvalue weighted by atomic mass is 16.5. The maximum atomic E-state index is 12.4. The lowest BCUT2D eigenvalue weighted by Gasteiger charge is -2.28. The molecule has 0 bridgehead atoms. The molecule has 4 rings (SSSR count). The molecule has 0 aliphatic carbocycles. The highest BCUT2D eigenvalue weighted by Crippen LogP contribution is 2.35. The molecule has 1 aliphatic rings. The molecule has 0 spiro atoms. The van der Waals surface area contributed by atoms with Crippen molar-refractivity contribution in [3.8, 4) is 17.2 Å². The fourth-order valence-corrected chi connectivity index (χ4v) is 4.25. The zero-order chi connectivity index (χ0) is 29.9. The molecule has 3 aromatic carbocycles. The van der Waals surface area contributed by atoms with Crippen molar-refractivity contribution in [2.24, 2.45) is 5.10 Å². The standard InChI is InChI=1S/C31H34N4O7/c1-4-40-26-16-23(29-28(30(37)39-3)20(2)33-31(38)34-29)13-14-25(26)42-19-27(36)35-32-17-22-11-8-12-24(15-22)41-18-21-9-6-5-7-10-21/h5-17,27,29,35-36H,4,18-19H2,1-3H3,(H2,33,34,38)/b32-17+/t27-,29-/m0/s1. The minimum absolute atomic E-state index is 0.131. The van der Waals surface area contributed by atoms with Crippen LogP contribution in [0.1, 0.15) is 36.6 Å². The Kier molecular flexibility index (Phi) is 10.4. The summed E-state index contributed by atoms with van der Waals surface area (Å²) in [5, 5.41) is 19.8. The van der Waals surface area contributed by atoms with E-state index < -0.39 is 24.3 Å². The number of nitrogens with zero attached hydrogens (tertiary/aromatic N) is 1. The van der Waals surface area contributed by atoms with Crippen LogP contribution < -0.4 is 30.3 Å². The Morgan fingerprint density at radius 3 is 2.62 bits per heavy atom. The van der Waals surface area contributed by atoms with Crippen molar-refractivity contribution >= 4 is 18.2 Å². The number of carbonyl (C=O) groups excluding carboxylic acids is 2. The predicted molar refractivity (Wildman–Crippen MR) is 156 cm³/mol. The summed E-state index contributed by atoms with van der Waals surface area (Å²) in [4.78, 5) is 24.5. The van der Waals surface area contributed by atoms with Gasteiger partial charge in [0, 0.05) is 5.70 Å². The molecular formula is C31H34N4O7. The van der Waals surface area contributed by atoms with E-state index in [1.807, 2.05) is 61.5 Å². The van der Waals surface area contributed by atoms with Gasteiger partial charge in [-0.25, -0.2) is 9.59 Å². The van der Waals surface area contributed by atoms with Gasteiger partial charge in [-0.05, 0) is 54.8 Å². The van der Waals surface area contributed by atoms with E-state index in [-0.39, 0.29) is 12.2 Å². The third-order valence-corrected chi connectivity index (χ3v) is 6.22. The van der Waals surface area contributed by atoms with Crippen molar-refractivity contribution in [2.45, 2.75) is 32.7 Å². The van der Waals surface area contributed by atoms with Gasteiger partial charge in [-0.1, -0.05) is 48.5 Å². The van der Waals surface area contributed by atoms with Crippen molar-refractivity contribution in [1.29, 1.82) is 0 Å². The third-order valence-electron chi connectivity index (χ3n) is 6.22. The number of methoxy groups -OCH3 is 1. The number of rotatable bonds is 13. The Morgan fingerprint density at radius 1 is 1.05 bits per heavy atom. The number of hydrogen-bond donors (Lipinski definition) is 4. The maximum absolute atomic E-state index is 12.4. The summed E-state index contributed by atoms with van der Waals surface area (Å²) in [6, 6.07) is 21.2. The Bertz CT molecular complexity index is 1440. The molecule has 11 heteroatoms. The number of benzene rings is 3. The Balaban J connectivity index is 1.36. The van der Waals surface area contributed by atoms with Gasteiger partial charge in [0.2, 0.25) is 0 Å². The monoisotopic (exact) mass is 574 g/mol. The fourth-order valence-electron chi connectivity index (χ4n) is 4.25. The van der Waals surface area contributed by atoms with Gasteiger partial charge in [-0.2, -0.15) is 5.10 Å². The van der Waals surface area contributed by atoms with Crippen LogP contribution in [-0.4, -0.2) is 49.9 Å². The Morgan fingerprint density at radius 2 is 1.86 bits per heavy atom. The number of ether oxygens (including phenoxy) is 4. The number of allylic oxidation sites excluding steroid dienone is 1. The lowest BCUT2D eigenvalue weighted by molar-refractivity contribution is -0.136. The molecule has 0 unspecified atom stereocenters. The number of nitrogens with one attached hydrogen (secondary N) is 3. The number of aliphatic hydroxyl groups is 1. The van der Waals surface area contributed by atoms with Gasteiger partial charge in [0.15, 0.2) is 17.7 Å². The van der Waals surface area contributed by atoms with Crippen LogP contribution in [0.5, 0.6) is 17.2 Å². The van der Waals surface area contributed by atoms with Crippen LogP contribution >= 0.6 is 0 Å². The second-order valence-electron chi connectivity index (χ2n) is 9.26. The molecule has 1 heterocycles. The number of hydrogen-bond acceptors (Lipinski definition) is 9. The number of hydrazone groups is 1. The molecule has 0 saturated carbocycles. The summed E-state index contributed by atoms with van der Waals surface area (Å²) < 4.78 is 22.3. The van der Waals surface area contributed by atoms with E-state index >= 15 is 0 Å². The van der Waals surface area contributed by atoms with Gasteiger partial charge in [0.05, 0.1) is 31.5 Å². The molecule has 0 saturated heterocycles. The minimum Gasteiger partial charge on any atom is -0.490 e. The first-order valence-electron chi connectivity index (χ1n) is 13.4. The van der Waals surface area contributed by atoms with Crippen LogP contribution in [-0.2, 0) is 16.1 Å². The number of amides is 2. The van der Waals surface area contributed by atoms with Gasteiger partial charge in [0.1, 0.15) is 19.0 Å². The van der Waals surface area contributed by atoms with Crippen molar-refractivity contribution in [1.82, 2.24) is 16.1 Å². The van der Waals surface area contributed by atoms with Crippen molar-refractivity contribution in [3.05, 3.63) is 101 Å². The van der Waals surface area contributed by atoms with Crippen LogP contribution in [0, 0.1) is 0 Å². The summed E-state index contributed by atoms with van der Waals surface area (Å²) in [5.74, 6) is 0.887. The van der Waals surface area contributed by atoms with Crippen LogP contribution in [0.2, 0.25) is 0 Å². The normalized spacial score (nSPS) is 15.4. The summed E-state index contributed by atoms with van der Waals surface area (Å²) >= 11 is 0. The average Bonchev–Trinajstić information content (AvgIpc) is 2.99. The second-order valence-corrected chi connectivity index (χ2v) is 9.26. The molecule has 2 amide bonds. The molecule has 0 fully saturated rings. The largest absolute Gasteiger partial charge is 0.490 e. The van der Waals surface area contributed by atoms with Crippen molar-refractivity contribution < 1.29 is 33.6 Å². The van der Waals surface area contributed by atoms with Crippen LogP contribution in [0.3, 0.4) is 0 Å². The summed E-state index contributed by atoms with van der Waals surface area (Å²) in [7, 11) is 1.28. The van der Waals surface area contributed by atoms with Gasteiger partial charge < -0.3 is 34.7 Å². The number of carbonyl (C=O) groups is 2. The van der Waals surface area contributed by atoms with Gasteiger partial charge >= 0.3 is 12.0 Å². The van der Waals surface area contributed by atoms with Crippen LogP contribution in [0.15, 0.2) is 89.2 Å². The predicted octanol–water partition coefficient (Wildman–Crippen LogP) is 3.79. The van der Waals surface area contributed by atoms with Crippen molar-refractivity contribution in [3.63, 3.8) is 0 Å². The molecule has 3 aromatic rings. The Hall–Kier alpha value is -5.03. The topological polar surface area (TPSA) is 140 Å². The maximum Gasteiger partial charge on any atom is 0.337 e. The SMILES string of the molecule is CCOc1cc([C@@H]2NC(=O)NC(C)=C2C(=O)OC)ccc1OC[C@H](O)N/N=C/c1cccc(OCc2ccccc2)c1. The molecule has 4 N–H and O–H groups in total. The van der Waals surface area contributed by atoms with E-state index in [1.165, 1.54) is 7.11 Å². The molecule has 1 aliphatic heterocycles. The minimum atomic E-state index is -1.12. The molecule has 0 radical (unpaired) electrons. The van der Waals surface area contributed by atoms with E-state index in [2.05, 4.69) is 21.2 Å². The van der Waals surface area contributed by atoms with Crippen LogP contribution in [0.4, 0.5) is 4.79 Å². The number of esters is 1. The highest BCUT2D eigenvalue weighted by molar-refractivity contribution is 5.95. The summed E-state index contributed by atoms with van der Waals surface area (Å²) in [6.45, 7) is 4.12. The molecule has 11 nitrogen and oxygen atoms in total. The highest BCUT2D eigenvalue weighted by Gasteiger charge is 2.32. The lowest BCUT2D eigenvalue weighted by Crippen LogP contribution is -2.45. The van der Waals surface area contributed by atoms with Gasteiger partial charge in [-0.15, -0.1) is 0 Å². The van der Waals surface area contributed by atoms with E-state index in [0.29, 0.717) is 41.7 Å². The average molecular weight is 575 g/mol. The molecular weight excluding hydrogens is 540 g/mol. The summed E-state index contributed by atoms with van der Waals surface area (Å²) in [6.07, 6.45) is 0.453. The van der Waals surface area contributed by atoms with Crippen molar-refractivity contribution in [2.75, 3.05) is 20.3 Å².